The second-order valence-corrected chi connectivity index (χ2v) is 13.3. The summed E-state index contributed by atoms with van der Waals surface area (Å²) >= 11 is 2.49. The van der Waals surface area contributed by atoms with Crippen molar-refractivity contribution in [1.29, 1.82) is 0 Å². The molecule has 2 aliphatic carbocycles. The monoisotopic (exact) mass is 606 g/mol. The van der Waals surface area contributed by atoms with Crippen LogP contribution >= 0.6 is 15.9 Å². The van der Waals surface area contributed by atoms with E-state index in [1.807, 2.05) is 0 Å². The Bertz CT molecular complexity index is 1120. The molecule has 0 radical (unpaired) electrons. The van der Waals surface area contributed by atoms with Gasteiger partial charge in [-0.15, -0.1) is 4.31 Å². The molecule has 5 rings (SSSR count). The molecule has 1 aromatic heterocycles. The van der Waals surface area contributed by atoms with E-state index in [4.69, 9.17) is 5.73 Å². The lowest BCUT2D eigenvalue weighted by Gasteiger charge is -2.38. The Hall–Kier alpha value is -1.95. The van der Waals surface area contributed by atoms with Crippen LogP contribution in [0.1, 0.15) is 74.6 Å². The van der Waals surface area contributed by atoms with E-state index in [0.29, 0.717) is 21.5 Å². The van der Waals surface area contributed by atoms with E-state index in [0.717, 1.165) is 50.6 Å². The van der Waals surface area contributed by atoms with Crippen LogP contribution in [0.5, 0.6) is 0 Å². The Labute approximate surface area is 235 Å². The quantitative estimate of drug-likeness (QED) is 0.339. The maximum absolute atomic E-state index is 14.2. The molecule has 1 amide bonds. The standard InChI is InChI=1S/C27H36BrFN6O2S/c28-21-16-31-27(34-26(21)33-23-7-3-6-22(29)24(23)25(30)36)32-19-12-14-35(15-13-19)38(37)20-10-8-18(9-11-20)17-4-1-2-5-17/h3,6-7,16-20H,1-2,4-5,8-15H2,(H2,30,36)(H2,31,32,33,34). The number of anilines is 3. The van der Waals surface area contributed by atoms with Crippen LogP contribution in [0, 0.1) is 17.7 Å². The third kappa shape index (κ3) is 6.43. The van der Waals surface area contributed by atoms with E-state index in [9.17, 15) is 13.7 Å². The summed E-state index contributed by atoms with van der Waals surface area (Å²) in [6, 6.07) is 4.42. The molecule has 2 heterocycles. The topological polar surface area (TPSA) is 119 Å². The number of nitrogens with zero attached hydrogens (tertiary/aromatic N) is 3. The second kappa shape index (κ2) is 12.5. The van der Waals surface area contributed by atoms with E-state index in [1.54, 1.807) is 12.3 Å². The van der Waals surface area contributed by atoms with E-state index in [1.165, 1.54) is 50.7 Å². The van der Waals surface area contributed by atoms with Gasteiger partial charge in [-0.2, -0.15) is 4.98 Å². The van der Waals surface area contributed by atoms with Crippen LogP contribution in [0.2, 0.25) is 0 Å². The fraction of sp³-hybridized carbons (Fsp3) is 0.593. The second-order valence-electron chi connectivity index (χ2n) is 10.7. The van der Waals surface area contributed by atoms with Gasteiger partial charge >= 0.3 is 0 Å². The summed E-state index contributed by atoms with van der Waals surface area (Å²) in [5.41, 5.74) is 5.38. The molecule has 0 bridgehead atoms. The summed E-state index contributed by atoms with van der Waals surface area (Å²) in [5, 5.41) is 6.68. The van der Waals surface area contributed by atoms with Gasteiger partial charge in [0.05, 0.1) is 15.7 Å². The number of benzene rings is 1. The number of carbonyl (C=O) groups is 1. The largest absolute Gasteiger partial charge is 0.598 e. The highest BCUT2D eigenvalue weighted by atomic mass is 79.9. The molecule has 38 heavy (non-hydrogen) atoms. The first-order chi connectivity index (χ1) is 18.4. The Morgan fingerprint density at radius 3 is 2.45 bits per heavy atom. The van der Waals surface area contributed by atoms with Crippen molar-refractivity contribution in [3.8, 4) is 0 Å². The van der Waals surface area contributed by atoms with Crippen molar-refractivity contribution in [2.24, 2.45) is 17.6 Å². The van der Waals surface area contributed by atoms with Crippen LogP contribution in [0.15, 0.2) is 28.9 Å². The minimum Gasteiger partial charge on any atom is -0.598 e. The zero-order chi connectivity index (χ0) is 26.6. The molecule has 1 unspecified atom stereocenters. The number of halogens is 2. The molecule has 1 saturated heterocycles. The SMILES string of the molecule is NC(=O)c1c(F)cccc1Nc1nc(NC2CCN([S+]([O-])C3CCC(C4CCCC4)CC3)CC2)ncc1Br. The highest BCUT2D eigenvalue weighted by Gasteiger charge is 2.38. The fourth-order valence-corrected chi connectivity index (χ4v) is 8.25. The minimum atomic E-state index is -0.919. The zero-order valence-electron chi connectivity index (χ0n) is 21.5. The number of piperidine rings is 1. The summed E-state index contributed by atoms with van der Waals surface area (Å²) in [7, 11) is 0. The first-order valence-electron chi connectivity index (χ1n) is 13.7. The van der Waals surface area contributed by atoms with Gasteiger partial charge in [0.1, 0.15) is 16.9 Å². The number of hydrogen-bond donors (Lipinski definition) is 3. The van der Waals surface area contributed by atoms with Gasteiger partial charge in [-0.1, -0.05) is 31.7 Å². The van der Waals surface area contributed by atoms with Crippen molar-refractivity contribution < 1.29 is 13.7 Å². The number of primary amides is 1. The maximum atomic E-state index is 14.2. The van der Waals surface area contributed by atoms with Gasteiger partial charge in [-0.05, 0) is 78.4 Å². The van der Waals surface area contributed by atoms with Gasteiger partial charge in [0.2, 0.25) is 5.95 Å². The van der Waals surface area contributed by atoms with Crippen LogP contribution in [0.4, 0.5) is 21.8 Å². The molecule has 1 aliphatic heterocycles. The zero-order valence-corrected chi connectivity index (χ0v) is 23.9. The number of aromatic nitrogens is 2. The summed E-state index contributed by atoms with van der Waals surface area (Å²) in [6.07, 6.45) is 13.6. The van der Waals surface area contributed by atoms with Crippen molar-refractivity contribution in [3.05, 3.63) is 40.2 Å². The summed E-state index contributed by atoms with van der Waals surface area (Å²) in [4.78, 5) is 20.7. The van der Waals surface area contributed by atoms with Gasteiger partial charge in [-0.3, -0.25) is 4.79 Å². The lowest BCUT2D eigenvalue weighted by atomic mass is 9.79. The van der Waals surface area contributed by atoms with Crippen LogP contribution in [-0.2, 0) is 11.4 Å². The number of rotatable bonds is 8. The molecule has 2 saturated carbocycles. The first kappa shape index (κ1) is 27.6. The first-order valence-corrected chi connectivity index (χ1v) is 15.7. The van der Waals surface area contributed by atoms with Crippen LogP contribution in [0.3, 0.4) is 0 Å². The molecule has 0 spiro atoms. The molecule has 206 valence electrons. The number of amides is 1. The molecule has 11 heteroatoms. The normalized spacial score (nSPS) is 24.3. The van der Waals surface area contributed by atoms with Gasteiger partial charge in [-0.25, -0.2) is 9.37 Å². The molecule has 3 aliphatic rings. The van der Waals surface area contributed by atoms with Crippen LogP contribution in [0.25, 0.3) is 0 Å². The Morgan fingerprint density at radius 2 is 1.76 bits per heavy atom. The molecule has 2 aromatic rings. The lowest BCUT2D eigenvalue weighted by molar-refractivity contribution is 0.0997. The Morgan fingerprint density at radius 1 is 1.08 bits per heavy atom. The average Bonchev–Trinajstić information content (AvgIpc) is 3.46. The highest BCUT2D eigenvalue weighted by molar-refractivity contribution is 9.10. The van der Waals surface area contributed by atoms with E-state index in [-0.39, 0.29) is 17.3 Å². The van der Waals surface area contributed by atoms with Gasteiger partial charge < -0.3 is 20.9 Å². The van der Waals surface area contributed by atoms with Gasteiger partial charge in [0, 0.05) is 36.7 Å². The fourth-order valence-electron chi connectivity index (χ4n) is 6.29. The highest BCUT2D eigenvalue weighted by Crippen LogP contribution is 2.41. The summed E-state index contributed by atoms with van der Waals surface area (Å²) < 4.78 is 30.2. The third-order valence-electron chi connectivity index (χ3n) is 8.37. The number of carbonyl (C=O) groups excluding carboxylic acids is 1. The average molecular weight is 608 g/mol. The summed E-state index contributed by atoms with van der Waals surface area (Å²) in [5.74, 6) is 1.04. The number of nitrogens with one attached hydrogen (secondary N) is 2. The molecular formula is C27H36BrFN6O2S. The molecular weight excluding hydrogens is 571 g/mol. The van der Waals surface area contributed by atoms with Crippen molar-refractivity contribution >= 4 is 50.7 Å². The van der Waals surface area contributed by atoms with Crippen LogP contribution in [-0.4, -0.2) is 49.1 Å². The Balaban J connectivity index is 1.13. The predicted molar refractivity (Wildman–Crippen MR) is 152 cm³/mol. The molecule has 1 aromatic carbocycles. The van der Waals surface area contributed by atoms with Crippen LogP contribution < -0.4 is 16.4 Å². The molecule has 3 fully saturated rings. The minimum absolute atomic E-state index is 0.158. The Kier molecular flexibility index (Phi) is 9.07. The molecule has 1 atom stereocenters. The van der Waals surface area contributed by atoms with Gasteiger partial charge in [0.15, 0.2) is 0 Å². The van der Waals surface area contributed by atoms with Crippen molar-refractivity contribution in [2.75, 3.05) is 23.7 Å². The van der Waals surface area contributed by atoms with Crippen molar-refractivity contribution in [1.82, 2.24) is 14.3 Å². The molecule has 4 N–H and O–H groups in total. The maximum Gasteiger partial charge on any atom is 0.253 e. The number of hydrogen-bond acceptors (Lipinski definition) is 7. The predicted octanol–water partition coefficient (Wildman–Crippen LogP) is 5.51. The van der Waals surface area contributed by atoms with Gasteiger partial charge in [0.25, 0.3) is 5.91 Å². The number of nitrogens with two attached hydrogens (primary N) is 1. The summed E-state index contributed by atoms with van der Waals surface area (Å²) in [6.45, 7) is 1.56. The van der Waals surface area contributed by atoms with Crippen molar-refractivity contribution in [2.45, 2.75) is 75.5 Å². The van der Waals surface area contributed by atoms with E-state index >= 15 is 0 Å². The lowest BCUT2D eigenvalue weighted by Crippen LogP contribution is -2.47. The smallest absolute Gasteiger partial charge is 0.253 e. The third-order valence-corrected chi connectivity index (χ3v) is 10.9. The van der Waals surface area contributed by atoms with E-state index < -0.39 is 23.1 Å². The van der Waals surface area contributed by atoms with E-state index in [2.05, 4.69) is 40.8 Å². The molecule has 8 nitrogen and oxygen atoms in total. The van der Waals surface area contributed by atoms with Crippen molar-refractivity contribution in [3.63, 3.8) is 0 Å².